The van der Waals surface area contributed by atoms with Crippen molar-refractivity contribution in [3.63, 3.8) is 0 Å². The van der Waals surface area contributed by atoms with Gasteiger partial charge < -0.3 is 15.2 Å². The lowest BCUT2D eigenvalue weighted by Crippen LogP contribution is -2.23. The highest BCUT2D eigenvalue weighted by atomic mass is 32.2. The average molecular weight is 404 g/mol. The second-order valence-electron chi connectivity index (χ2n) is 6.50. The second-order valence-corrected chi connectivity index (χ2v) is 8.01. The number of carbonyl (C=O) groups is 1. The molecule has 1 atom stereocenters. The Morgan fingerprint density at radius 3 is 2.71 bits per heavy atom. The van der Waals surface area contributed by atoms with E-state index in [0.717, 1.165) is 10.5 Å². The van der Waals surface area contributed by atoms with Crippen LogP contribution >= 0.6 is 11.8 Å². The molecule has 0 aliphatic heterocycles. The Morgan fingerprint density at radius 1 is 1.36 bits per heavy atom. The van der Waals surface area contributed by atoms with Crippen LogP contribution in [0, 0.1) is 5.82 Å². The lowest BCUT2D eigenvalue weighted by molar-refractivity contribution is -0.121. The molecule has 0 aliphatic carbocycles. The Morgan fingerprint density at radius 2 is 2.07 bits per heavy atom. The number of rotatable bonds is 10. The summed E-state index contributed by atoms with van der Waals surface area (Å²) in [5.74, 6) is 0.0798. The molecular weight excluding hydrogens is 377 g/mol. The van der Waals surface area contributed by atoms with Gasteiger partial charge in [-0.2, -0.15) is 0 Å². The van der Waals surface area contributed by atoms with Crippen LogP contribution in [0.2, 0.25) is 0 Å². The number of aromatic hydroxyl groups is 1. The van der Waals surface area contributed by atoms with Crippen LogP contribution in [0.15, 0.2) is 53.9 Å². The highest BCUT2D eigenvalue weighted by Gasteiger charge is 2.13. The number of hydrogen-bond acceptors (Lipinski definition) is 4. The lowest BCUT2D eigenvalue weighted by Gasteiger charge is -2.14. The first-order chi connectivity index (χ1) is 13.4. The second kappa shape index (κ2) is 10.8. The molecule has 0 aromatic heterocycles. The minimum Gasteiger partial charge on any atom is -0.504 e. The zero-order valence-electron chi connectivity index (χ0n) is 16.2. The summed E-state index contributed by atoms with van der Waals surface area (Å²) in [6.45, 7) is 5.99. The molecule has 6 heteroatoms. The highest BCUT2D eigenvalue weighted by Crippen LogP contribution is 2.32. The molecule has 2 aromatic carbocycles. The topological polar surface area (TPSA) is 58.6 Å². The van der Waals surface area contributed by atoms with Crippen molar-refractivity contribution in [2.75, 3.05) is 7.11 Å². The van der Waals surface area contributed by atoms with E-state index in [2.05, 4.69) is 11.9 Å². The molecule has 4 nitrogen and oxygen atoms in total. The molecule has 2 aromatic rings. The normalized spacial score (nSPS) is 11.7. The maximum Gasteiger partial charge on any atom is 0.220 e. The van der Waals surface area contributed by atoms with E-state index in [0.29, 0.717) is 30.6 Å². The number of ether oxygens (including phenoxy) is 1. The Labute approximate surface area is 169 Å². The van der Waals surface area contributed by atoms with Crippen LogP contribution in [-0.2, 0) is 17.8 Å². The molecule has 0 saturated heterocycles. The van der Waals surface area contributed by atoms with Crippen molar-refractivity contribution >= 4 is 17.7 Å². The van der Waals surface area contributed by atoms with E-state index in [1.807, 2.05) is 13.0 Å². The Bertz CT molecular complexity index is 808. The number of hydrogen-bond donors (Lipinski definition) is 2. The van der Waals surface area contributed by atoms with Gasteiger partial charge in [0.05, 0.1) is 7.11 Å². The minimum absolute atomic E-state index is 0.0378. The van der Waals surface area contributed by atoms with Gasteiger partial charge in [-0.15, -0.1) is 18.3 Å². The SMILES string of the molecule is C=CCc1cc(CNC(=O)CCC(C)Sc2ccc(F)cc2)c(O)c(OC)c1. The number of halogens is 1. The Balaban J connectivity index is 1.85. The van der Waals surface area contributed by atoms with E-state index in [1.54, 1.807) is 36.0 Å². The van der Waals surface area contributed by atoms with E-state index in [9.17, 15) is 14.3 Å². The molecule has 2 N–H and O–H groups in total. The van der Waals surface area contributed by atoms with E-state index in [4.69, 9.17) is 4.74 Å². The summed E-state index contributed by atoms with van der Waals surface area (Å²) >= 11 is 1.61. The number of amides is 1. The zero-order valence-corrected chi connectivity index (χ0v) is 17.0. The van der Waals surface area contributed by atoms with E-state index in [-0.39, 0.29) is 29.3 Å². The van der Waals surface area contributed by atoms with Crippen molar-refractivity contribution in [1.29, 1.82) is 0 Å². The number of phenols is 1. The van der Waals surface area contributed by atoms with Crippen LogP contribution in [0.5, 0.6) is 11.5 Å². The molecule has 0 radical (unpaired) electrons. The fraction of sp³-hybridized carbons (Fsp3) is 0.318. The van der Waals surface area contributed by atoms with Gasteiger partial charge in [0.25, 0.3) is 0 Å². The quantitative estimate of drug-likeness (QED) is 0.440. The van der Waals surface area contributed by atoms with E-state index in [1.165, 1.54) is 19.2 Å². The van der Waals surface area contributed by atoms with Gasteiger partial charge in [0.1, 0.15) is 5.82 Å². The van der Waals surface area contributed by atoms with Crippen molar-refractivity contribution in [2.45, 2.75) is 42.9 Å². The van der Waals surface area contributed by atoms with Crippen LogP contribution in [0.4, 0.5) is 4.39 Å². The highest BCUT2D eigenvalue weighted by molar-refractivity contribution is 7.99. The third-order valence-corrected chi connectivity index (χ3v) is 5.40. The number of nitrogens with one attached hydrogen (secondary N) is 1. The summed E-state index contributed by atoms with van der Waals surface area (Å²) in [5, 5.41) is 13.3. The van der Waals surface area contributed by atoms with Crippen molar-refractivity contribution in [1.82, 2.24) is 5.32 Å². The molecule has 1 unspecified atom stereocenters. The summed E-state index contributed by atoms with van der Waals surface area (Å²) in [4.78, 5) is 13.2. The number of thioether (sulfide) groups is 1. The first-order valence-electron chi connectivity index (χ1n) is 9.11. The molecule has 2 rings (SSSR count). The summed E-state index contributed by atoms with van der Waals surface area (Å²) in [7, 11) is 1.50. The monoisotopic (exact) mass is 403 g/mol. The molecule has 0 saturated carbocycles. The van der Waals surface area contributed by atoms with Gasteiger partial charge in [0.15, 0.2) is 11.5 Å². The molecular formula is C22H26FNO3S. The third-order valence-electron chi connectivity index (χ3n) is 4.22. The maximum atomic E-state index is 13.0. The largest absolute Gasteiger partial charge is 0.504 e. The van der Waals surface area contributed by atoms with Crippen LogP contribution in [0.25, 0.3) is 0 Å². The molecule has 28 heavy (non-hydrogen) atoms. The standard InChI is InChI=1S/C22H26FNO3S/c1-4-5-16-12-17(22(26)20(13-16)27-3)14-24-21(25)11-6-15(2)28-19-9-7-18(23)8-10-19/h4,7-10,12-13,15,26H,1,5-6,11,14H2,2-3H3,(H,24,25). The molecule has 0 heterocycles. The van der Waals surface area contributed by atoms with Crippen LogP contribution in [0.1, 0.15) is 30.9 Å². The zero-order chi connectivity index (χ0) is 20.5. The Hall–Kier alpha value is -2.47. The van der Waals surface area contributed by atoms with Gasteiger partial charge in [-0.1, -0.05) is 13.0 Å². The average Bonchev–Trinajstić information content (AvgIpc) is 2.68. The van der Waals surface area contributed by atoms with Crippen LogP contribution < -0.4 is 10.1 Å². The number of methoxy groups -OCH3 is 1. The number of phenolic OH excluding ortho intramolecular Hbond substituents is 1. The fourth-order valence-electron chi connectivity index (χ4n) is 2.72. The first-order valence-corrected chi connectivity index (χ1v) is 9.99. The third kappa shape index (κ3) is 6.60. The molecule has 0 spiro atoms. The Kier molecular flexibility index (Phi) is 8.39. The van der Waals surface area contributed by atoms with Gasteiger partial charge in [0.2, 0.25) is 5.91 Å². The summed E-state index contributed by atoms with van der Waals surface area (Å²) < 4.78 is 18.2. The maximum absolute atomic E-state index is 13.0. The predicted molar refractivity (Wildman–Crippen MR) is 111 cm³/mol. The number of allylic oxidation sites excluding steroid dienone is 1. The van der Waals surface area contributed by atoms with Crippen molar-refractivity contribution in [3.8, 4) is 11.5 Å². The van der Waals surface area contributed by atoms with E-state index >= 15 is 0 Å². The summed E-state index contributed by atoms with van der Waals surface area (Å²) in [6.07, 6.45) is 3.49. The number of benzene rings is 2. The van der Waals surface area contributed by atoms with Gasteiger partial charge in [0, 0.05) is 28.7 Å². The van der Waals surface area contributed by atoms with Crippen molar-refractivity contribution in [2.24, 2.45) is 0 Å². The van der Waals surface area contributed by atoms with Gasteiger partial charge in [-0.25, -0.2) is 4.39 Å². The minimum atomic E-state index is -0.256. The molecule has 1 amide bonds. The molecule has 0 bridgehead atoms. The van der Waals surface area contributed by atoms with E-state index < -0.39 is 0 Å². The molecule has 150 valence electrons. The van der Waals surface area contributed by atoms with Crippen LogP contribution in [-0.4, -0.2) is 23.4 Å². The van der Waals surface area contributed by atoms with Gasteiger partial charge in [-0.05, 0) is 54.8 Å². The molecule has 0 aliphatic rings. The van der Waals surface area contributed by atoms with Crippen LogP contribution in [0.3, 0.4) is 0 Å². The summed E-state index contributed by atoms with van der Waals surface area (Å²) in [6, 6.07) is 9.95. The fourth-order valence-corrected chi connectivity index (χ4v) is 3.72. The number of carbonyl (C=O) groups excluding carboxylic acids is 1. The summed E-state index contributed by atoms with van der Waals surface area (Å²) in [5.41, 5.74) is 1.57. The molecule has 0 fully saturated rings. The first kappa shape index (κ1) is 21.8. The van der Waals surface area contributed by atoms with Gasteiger partial charge in [-0.3, -0.25) is 4.79 Å². The van der Waals surface area contributed by atoms with Crippen molar-refractivity contribution in [3.05, 3.63) is 66.0 Å². The van der Waals surface area contributed by atoms with Crippen molar-refractivity contribution < 1.29 is 19.0 Å². The lowest BCUT2D eigenvalue weighted by atomic mass is 10.1. The predicted octanol–water partition coefficient (Wildman–Crippen LogP) is 4.85. The smallest absolute Gasteiger partial charge is 0.220 e. The van der Waals surface area contributed by atoms with Gasteiger partial charge >= 0.3 is 0 Å².